The van der Waals surface area contributed by atoms with Crippen LogP contribution in [0.1, 0.15) is 27.4 Å². The predicted octanol–water partition coefficient (Wildman–Crippen LogP) is 2.28. The molecule has 0 bridgehead atoms. The van der Waals surface area contributed by atoms with Crippen LogP contribution >= 0.6 is 11.3 Å². The molecule has 1 atom stereocenters. The number of aromatic nitrogens is 1. The van der Waals surface area contributed by atoms with E-state index < -0.39 is 0 Å². The van der Waals surface area contributed by atoms with E-state index in [2.05, 4.69) is 17.2 Å². The molecule has 0 radical (unpaired) electrons. The van der Waals surface area contributed by atoms with Crippen LogP contribution in [0, 0.1) is 6.92 Å². The van der Waals surface area contributed by atoms with Crippen LogP contribution in [0.15, 0.2) is 22.8 Å². The average Bonchev–Trinajstić information content (AvgIpc) is 2.82. The molecule has 2 aromatic rings. The summed E-state index contributed by atoms with van der Waals surface area (Å²) in [6.45, 7) is 3.03. The summed E-state index contributed by atoms with van der Waals surface area (Å²) in [5.74, 6) is 0.986. The summed E-state index contributed by atoms with van der Waals surface area (Å²) >= 11 is 1.76. The summed E-state index contributed by atoms with van der Waals surface area (Å²) in [4.78, 5) is 5.86. The van der Waals surface area contributed by atoms with Crippen molar-refractivity contribution in [2.24, 2.45) is 0 Å². The van der Waals surface area contributed by atoms with Crippen molar-refractivity contribution in [3.05, 3.63) is 39.7 Å². The minimum absolute atomic E-state index is 0.204. The van der Waals surface area contributed by atoms with Gasteiger partial charge in [0.25, 0.3) is 0 Å². The molecule has 0 aliphatic carbocycles. The zero-order chi connectivity index (χ0) is 10.3. The van der Waals surface area contributed by atoms with E-state index >= 15 is 0 Å². The van der Waals surface area contributed by atoms with Gasteiger partial charge in [-0.25, -0.2) is 4.98 Å². The Hall–Kier alpha value is -1.13. The first-order valence-corrected chi connectivity index (χ1v) is 5.89. The molecule has 2 aromatic heterocycles. The Labute approximate surface area is 92.1 Å². The van der Waals surface area contributed by atoms with Crippen molar-refractivity contribution in [2.45, 2.75) is 19.4 Å². The molecule has 0 unspecified atom stereocenters. The van der Waals surface area contributed by atoms with Crippen molar-refractivity contribution < 1.29 is 4.42 Å². The minimum Gasteiger partial charge on any atom is -0.467 e. The second-order valence-electron chi connectivity index (χ2n) is 3.70. The minimum atomic E-state index is 0.204. The number of thiazole rings is 1. The molecular weight excluding hydrogens is 208 g/mol. The fourth-order valence-corrected chi connectivity index (χ4v) is 3.06. The maximum absolute atomic E-state index is 5.46. The highest BCUT2D eigenvalue weighted by Crippen LogP contribution is 2.33. The summed E-state index contributed by atoms with van der Waals surface area (Å²) in [5, 5.41) is 4.61. The quantitative estimate of drug-likeness (QED) is 0.801. The molecule has 0 spiro atoms. The topological polar surface area (TPSA) is 38.1 Å². The molecule has 15 heavy (non-hydrogen) atoms. The molecule has 1 aliphatic heterocycles. The van der Waals surface area contributed by atoms with Gasteiger partial charge in [-0.3, -0.25) is 0 Å². The lowest BCUT2D eigenvalue weighted by Crippen LogP contribution is -2.29. The van der Waals surface area contributed by atoms with Gasteiger partial charge in [-0.2, -0.15) is 0 Å². The molecule has 1 N–H and O–H groups in total. The Kier molecular flexibility index (Phi) is 2.11. The van der Waals surface area contributed by atoms with Crippen LogP contribution in [0.3, 0.4) is 0 Å². The van der Waals surface area contributed by atoms with E-state index in [1.54, 1.807) is 17.6 Å². The fraction of sp³-hybridized carbons (Fsp3) is 0.364. The lowest BCUT2D eigenvalue weighted by atomic mass is 10.1. The van der Waals surface area contributed by atoms with Gasteiger partial charge in [-0.05, 0) is 19.1 Å². The third kappa shape index (κ3) is 1.50. The van der Waals surface area contributed by atoms with Gasteiger partial charge in [0.15, 0.2) is 0 Å². The summed E-state index contributed by atoms with van der Waals surface area (Å²) in [5.41, 5.74) is 1.23. The first-order valence-electron chi connectivity index (χ1n) is 5.07. The Morgan fingerprint density at radius 2 is 2.53 bits per heavy atom. The number of hydrogen-bond acceptors (Lipinski definition) is 4. The lowest BCUT2D eigenvalue weighted by Gasteiger charge is -2.20. The van der Waals surface area contributed by atoms with Gasteiger partial charge < -0.3 is 9.73 Å². The second kappa shape index (κ2) is 3.47. The van der Waals surface area contributed by atoms with Gasteiger partial charge >= 0.3 is 0 Å². The zero-order valence-electron chi connectivity index (χ0n) is 8.49. The number of nitrogens with one attached hydrogen (secondary N) is 1. The van der Waals surface area contributed by atoms with Crippen molar-refractivity contribution in [3.8, 4) is 0 Å². The molecule has 3 nitrogen and oxygen atoms in total. The summed E-state index contributed by atoms with van der Waals surface area (Å²) < 4.78 is 5.46. The van der Waals surface area contributed by atoms with E-state index in [1.165, 1.54) is 10.6 Å². The highest BCUT2D eigenvalue weighted by molar-refractivity contribution is 7.11. The monoisotopic (exact) mass is 220 g/mol. The van der Waals surface area contributed by atoms with Gasteiger partial charge in [-0.15, -0.1) is 11.3 Å². The lowest BCUT2D eigenvalue weighted by molar-refractivity contribution is 0.438. The SMILES string of the molecule is Cc1nc2c(s1)[C@@H](c1ccco1)NCC2. The molecule has 3 rings (SSSR count). The maximum atomic E-state index is 5.46. The highest BCUT2D eigenvalue weighted by atomic mass is 32.1. The van der Waals surface area contributed by atoms with Crippen molar-refractivity contribution in [3.63, 3.8) is 0 Å². The van der Waals surface area contributed by atoms with Crippen molar-refractivity contribution >= 4 is 11.3 Å². The van der Waals surface area contributed by atoms with E-state index in [4.69, 9.17) is 4.42 Å². The van der Waals surface area contributed by atoms with Crippen LogP contribution in [0.4, 0.5) is 0 Å². The van der Waals surface area contributed by atoms with E-state index in [-0.39, 0.29) is 6.04 Å². The third-order valence-electron chi connectivity index (χ3n) is 2.63. The summed E-state index contributed by atoms with van der Waals surface area (Å²) in [7, 11) is 0. The number of nitrogens with zero attached hydrogens (tertiary/aromatic N) is 1. The van der Waals surface area contributed by atoms with Crippen molar-refractivity contribution in [2.75, 3.05) is 6.54 Å². The third-order valence-corrected chi connectivity index (χ3v) is 3.71. The Balaban J connectivity index is 2.06. The first kappa shape index (κ1) is 9.12. The molecule has 3 heterocycles. The normalized spacial score (nSPS) is 20.2. The van der Waals surface area contributed by atoms with E-state index in [0.29, 0.717) is 0 Å². The summed E-state index contributed by atoms with van der Waals surface area (Å²) in [6, 6.07) is 4.15. The van der Waals surface area contributed by atoms with Crippen LogP contribution in [0.5, 0.6) is 0 Å². The Bertz CT molecular complexity index is 461. The number of hydrogen-bond donors (Lipinski definition) is 1. The molecule has 1 aliphatic rings. The Morgan fingerprint density at radius 3 is 3.33 bits per heavy atom. The van der Waals surface area contributed by atoms with Crippen LogP contribution < -0.4 is 5.32 Å². The summed E-state index contributed by atoms with van der Waals surface area (Å²) in [6.07, 6.45) is 2.75. The van der Waals surface area contributed by atoms with E-state index in [1.807, 2.05) is 12.1 Å². The number of fused-ring (bicyclic) bond motifs is 1. The van der Waals surface area contributed by atoms with Gasteiger partial charge in [-0.1, -0.05) is 0 Å². The number of aryl methyl sites for hydroxylation is 1. The van der Waals surface area contributed by atoms with Crippen LogP contribution in [-0.2, 0) is 6.42 Å². The van der Waals surface area contributed by atoms with Crippen LogP contribution in [0.2, 0.25) is 0 Å². The van der Waals surface area contributed by atoms with E-state index in [0.717, 1.165) is 23.7 Å². The molecule has 0 amide bonds. The molecule has 0 aromatic carbocycles. The average molecular weight is 220 g/mol. The van der Waals surface area contributed by atoms with Crippen molar-refractivity contribution in [1.82, 2.24) is 10.3 Å². The largest absolute Gasteiger partial charge is 0.467 e. The standard InChI is InChI=1S/C11H12N2OS/c1-7-13-8-4-5-12-10(11(8)15-7)9-3-2-6-14-9/h2-3,6,10,12H,4-5H2,1H3/t10-/m1/s1. The fourth-order valence-electron chi connectivity index (χ4n) is 2.00. The number of furan rings is 1. The molecular formula is C11H12N2OS. The number of rotatable bonds is 1. The molecule has 0 saturated carbocycles. The van der Waals surface area contributed by atoms with Gasteiger partial charge in [0.1, 0.15) is 11.8 Å². The zero-order valence-corrected chi connectivity index (χ0v) is 9.30. The van der Waals surface area contributed by atoms with Gasteiger partial charge in [0.05, 0.1) is 21.8 Å². The smallest absolute Gasteiger partial charge is 0.126 e. The predicted molar refractivity (Wildman–Crippen MR) is 59.1 cm³/mol. The molecule has 0 saturated heterocycles. The van der Waals surface area contributed by atoms with Gasteiger partial charge in [0.2, 0.25) is 0 Å². The van der Waals surface area contributed by atoms with Crippen molar-refractivity contribution in [1.29, 1.82) is 0 Å². The van der Waals surface area contributed by atoms with E-state index in [9.17, 15) is 0 Å². The molecule has 78 valence electrons. The van der Waals surface area contributed by atoms with Gasteiger partial charge in [0, 0.05) is 13.0 Å². The maximum Gasteiger partial charge on any atom is 0.126 e. The first-order chi connectivity index (χ1) is 7.34. The second-order valence-corrected chi connectivity index (χ2v) is 4.93. The van der Waals surface area contributed by atoms with Crippen LogP contribution in [0.25, 0.3) is 0 Å². The molecule has 0 fully saturated rings. The molecule has 4 heteroatoms. The highest BCUT2D eigenvalue weighted by Gasteiger charge is 2.26. The van der Waals surface area contributed by atoms with Crippen LogP contribution in [-0.4, -0.2) is 11.5 Å². The Morgan fingerprint density at radius 1 is 1.60 bits per heavy atom.